The Morgan fingerprint density at radius 2 is 2.43 bits per heavy atom. The van der Waals surface area contributed by atoms with E-state index in [1.54, 1.807) is 24.3 Å². The van der Waals surface area contributed by atoms with E-state index in [4.69, 9.17) is 15.9 Å². The fraction of sp³-hybridized carbons (Fsp3) is 0.222. The molecule has 1 atom stereocenters. The summed E-state index contributed by atoms with van der Waals surface area (Å²) in [5.41, 5.74) is 9.36. The summed E-state index contributed by atoms with van der Waals surface area (Å²) in [6, 6.07) is 7.98. The van der Waals surface area contributed by atoms with E-state index >= 15 is 0 Å². The van der Waals surface area contributed by atoms with Gasteiger partial charge in [0.15, 0.2) is 0 Å². The van der Waals surface area contributed by atoms with E-state index in [0.29, 0.717) is 11.1 Å². The van der Waals surface area contributed by atoms with E-state index in [1.165, 1.54) is 0 Å². The van der Waals surface area contributed by atoms with Gasteiger partial charge in [0.25, 0.3) is 0 Å². The van der Waals surface area contributed by atoms with Crippen molar-refractivity contribution in [3.05, 3.63) is 45.8 Å². The molecule has 0 saturated carbocycles. The zero-order valence-electron chi connectivity index (χ0n) is 7.33. The molecule has 1 rings (SSSR count). The number of nitrogens with zero attached hydrogens (tertiary/aromatic N) is 4. The highest BCUT2D eigenvalue weighted by Crippen LogP contribution is 2.17. The van der Waals surface area contributed by atoms with Crippen molar-refractivity contribution in [2.24, 2.45) is 5.11 Å². The van der Waals surface area contributed by atoms with Gasteiger partial charge in [-0.05, 0) is 23.2 Å². The van der Waals surface area contributed by atoms with Gasteiger partial charge in [-0.3, -0.25) is 0 Å². The van der Waals surface area contributed by atoms with E-state index < -0.39 is 6.04 Å². The minimum Gasteiger partial charge on any atom is -0.396 e. The first-order chi connectivity index (χ1) is 6.81. The fourth-order valence-electron chi connectivity index (χ4n) is 1.09. The van der Waals surface area contributed by atoms with Crippen molar-refractivity contribution in [3.63, 3.8) is 0 Å². The lowest BCUT2D eigenvalue weighted by molar-refractivity contribution is 0.268. The normalized spacial score (nSPS) is 11.1. The predicted molar refractivity (Wildman–Crippen MR) is 50.1 cm³/mol. The standard InChI is InChI=1S/C9H8N4O/c10-5-7-2-1-3-8(4-7)9(6-14)12-13-11/h1-4,9,14H,6H2. The molecule has 5 heteroatoms. The van der Waals surface area contributed by atoms with Gasteiger partial charge in [0.1, 0.15) is 0 Å². The quantitative estimate of drug-likeness (QED) is 0.445. The summed E-state index contributed by atoms with van der Waals surface area (Å²) in [6.45, 7) is -0.265. The first-order valence-corrected chi connectivity index (χ1v) is 3.97. The van der Waals surface area contributed by atoms with Gasteiger partial charge in [0.05, 0.1) is 24.3 Å². The van der Waals surface area contributed by atoms with Gasteiger partial charge in [-0.2, -0.15) is 5.26 Å². The summed E-state index contributed by atoms with van der Waals surface area (Å²) >= 11 is 0. The molecular weight excluding hydrogens is 180 g/mol. The molecule has 0 spiro atoms. The van der Waals surface area contributed by atoms with Gasteiger partial charge < -0.3 is 5.11 Å². The van der Waals surface area contributed by atoms with Crippen LogP contribution in [0.25, 0.3) is 10.4 Å². The Hall–Kier alpha value is -2.02. The summed E-state index contributed by atoms with van der Waals surface area (Å²) in [5.74, 6) is 0. The smallest absolute Gasteiger partial charge is 0.0991 e. The second kappa shape index (κ2) is 4.87. The van der Waals surface area contributed by atoms with E-state index in [9.17, 15) is 0 Å². The van der Waals surface area contributed by atoms with E-state index in [2.05, 4.69) is 10.0 Å². The summed E-state index contributed by atoms with van der Waals surface area (Å²) in [7, 11) is 0. The fourth-order valence-corrected chi connectivity index (χ4v) is 1.09. The Labute approximate surface area is 80.8 Å². The number of hydrogen-bond donors (Lipinski definition) is 1. The van der Waals surface area contributed by atoms with Crippen molar-refractivity contribution < 1.29 is 5.11 Å². The van der Waals surface area contributed by atoms with Crippen LogP contribution < -0.4 is 0 Å². The molecule has 0 aliphatic rings. The molecule has 0 aliphatic heterocycles. The summed E-state index contributed by atoms with van der Waals surface area (Å²) in [5, 5.41) is 21.0. The minimum atomic E-state index is -0.617. The van der Waals surface area contributed by atoms with Crippen LogP contribution in [0.15, 0.2) is 29.4 Å². The number of aliphatic hydroxyl groups excluding tert-OH is 1. The van der Waals surface area contributed by atoms with Gasteiger partial charge >= 0.3 is 0 Å². The number of benzene rings is 1. The van der Waals surface area contributed by atoms with Crippen LogP contribution in [-0.4, -0.2) is 11.7 Å². The first kappa shape index (κ1) is 10.1. The average Bonchev–Trinajstić information content (AvgIpc) is 2.26. The van der Waals surface area contributed by atoms with E-state index in [-0.39, 0.29) is 6.61 Å². The van der Waals surface area contributed by atoms with Gasteiger partial charge in [0, 0.05) is 4.91 Å². The predicted octanol–water partition coefficient (Wildman–Crippen LogP) is 1.90. The molecule has 14 heavy (non-hydrogen) atoms. The van der Waals surface area contributed by atoms with Crippen molar-refractivity contribution in [1.82, 2.24) is 0 Å². The lowest BCUT2D eigenvalue weighted by Crippen LogP contribution is -1.99. The Morgan fingerprint density at radius 1 is 1.64 bits per heavy atom. The third kappa shape index (κ3) is 2.23. The van der Waals surface area contributed by atoms with Gasteiger partial charge in [-0.15, -0.1) is 0 Å². The molecule has 0 fully saturated rings. The summed E-state index contributed by atoms with van der Waals surface area (Å²) < 4.78 is 0. The second-order valence-electron chi connectivity index (χ2n) is 2.64. The summed E-state index contributed by atoms with van der Waals surface area (Å²) in [4.78, 5) is 2.62. The molecule has 5 nitrogen and oxygen atoms in total. The summed E-state index contributed by atoms with van der Waals surface area (Å²) in [6.07, 6.45) is 0. The SMILES string of the molecule is N#Cc1cccc(C(CO)N=[N+]=[N-])c1. The third-order valence-corrected chi connectivity index (χ3v) is 1.76. The highest BCUT2D eigenvalue weighted by molar-refractivity contribution is 5.34. The molecule has 0 saturated heterocycles. The van der Waals surface area contributed by atoms with Crippen molar-refractivity contribution in [2.45, 2.75) is 6.04 Å². The van der Waals surface area contributed by atoms with Gasteiger partial charge in [-0.1, -0.05) is 17.2 Å². The molecule has 0 aromatic heterocycles. The van der Waals surface area contributed by atoms with E-state index in [1.807, 2.05) is 6.07 Å². The lowest BCUT2D eigenvalue weighted by Gasteiger charge is -2.07. The molecule has 0 aliphatic carbocycles. The van der Waals surface area contributed by atoms with Crippen LogP contribution in [0.3, 0.4) is 0 Å². The van der Waals surface area contributed by atoms with Crippen LogP contribution in [0.4, 0.5) is 0 Å². The van der Waals surface area contributed by atoms with Crippen molar-refractivity contribution in [3.8, 4) is 6.07 Å². The Balaban J connectivity index is 3.05. The maximum atomic E-state index is 8.93. The van der Waals surface area contributed by atoms with Crippen LogP contribution in [0.5, 0.6) is 0 Å². The molecule has 0 bridgehead atoms. The molecule has 0 heterocycles. The number of azide groups is 1. The number of nitriles is 1. The zero-order valence-corrected chi connectivity index (χ0v) is 7.33. The van der Waals surface area contributed by atoms with Crippen LogP contribution in [-0.2, 0) is 0 Å². The molecule has 1 aromatic rings. The second-order valence-corrected chi connectivity index (χ2v) is 2.64. The maximum Gasteiger partial charge on any atom is 0.0991 e. The Morgan fingerprint density at radius 3 is 3.00 bits per heavy atom. The Kier molecular flexibility index (Phi) is 3.50. The molecule has 0 radical (unpaired) electrons. The molecule has 70 valence electrons. The Bertz CT molecular complexity index is 404. The zero-order chi connectivity index (χ0) is 10.4. The lowest BCUT2D eigenvalue weighted by atomic mass is 10.1. The molecule has 1 aromatic carbocycles. The molecule has 1 N–H and O–H groups in total. The minimum absolute atomic E-state index is 0.265. The number of aliphatic hydroxyl groups is 1. The number of hydrogen-bond acceptors (Lipinski definition) is 3. The maximum absolute atomic E-state index is 8.93. The highest BCUT2D eigenvalue weighted by atomic mass is 16.3. The third-order valence-electron chi connectivity index (χ3n) is 1.76. The molecule has 0 amide bonds. The first-order valence-electron chi connectivity index (χ1n) is 3.97. The number of rotatable bonds is 3. The van der Waals surface area contributed by atoms with E-state index in [0.717, 1.165) is 0 Å². The van der Waals surface area contributed by atoms with Gasteiger partial charge in [-0.25, -0.2) is 0 Å². The van der Waals surface area contributed by atoms with Crippen LogP contribution in [0.1, 0.15) is 17.2 Å². The molecule has 1 unspecified atom stereocenters. The van der Waals surface area contributed by atoms with Crippen LogP contribution in [0.2, 0.25) is 0 Å². The molecular formula is C9H8N4O. The van der Waals surface area contributed by atoms with Gasteiger partial charge in [0.2, 0.25) is 0 Å². The van der Waals surface area contributed by atoms with Crippen molar-refractivity contribution in [2.75, 3.05) is 6.61 Å². The van der Waals surface area contributed by atoms with Crippen molar-refractivity contribution in [1.29, 1.82) is 5.26 Å². The van der Waals surface area contributed by atoms with Crippen LogP contribution >= 0.6 is 0 Å². The van der Waals surface area contributed by atoms with Crippen LogP contribution in [0, 0.1) is 11.3 Å². The topological polar surface area (TPSA) is 92.8 Å². The average molecular weight is 188 g/mol. The highest BCUT2D eigenvalue weighted by Gasteiger charge is 2.07. The van der Waals surface area contributed by atoms with Crippen molar-refractivity contribution >= 4 is 0 Å². The largest absolute Gasteiger partial charge is 0.396 e. The monoisotopic (exact) mass is 188 g/mol.